The standard InChI is InChI=1S/C26H27F4N3O2S/c1-3-18(2)33(25(35)31-22-7-4-6-20(14-22)26(28,29)30)17-24(34)32(16-23-8-5-13-36-23)15-19-9-11-21(27)12-10-19/h4-14,18H,3,15-17H2,1-2H3,(H,31,35). The molecule has 0 aliphatic rings. The first-order chi connectivity index (χ1) is 17.1. The number of nitrogens with zero attached hydrogens (tertiary/aromatic N) is 2. The number of carbonyl (C=O) groups excluding carboxylic acids is 2. The smallest absolute Gasteiger partial charge is 0.332 e. The lowest BCUT2D eigenvalue weighted by Crippen LogP contribution is -2.47. The van der Waals surface area contributed by atoms with Gasteiger partial charge < -0.3 is 15.1 Å². The quantitative estimate of drug-likeness (QED) is 0.316. The molecule has 3 rings (SSSR count). The molecule has 192 valence electrons. The fraction of sp³-hybridized carbons (Fsp3) is 0.308. The highest BCUT2D eigenvalue weighted by Gasteiger charge is 2.31. The highest BCUT2D eigenvalue weighted by atomic mass is 32.1. The molecular weight excluding hydrogens is 494 g/mol. The molecule has 1 unspecified atom stereocenters. The number of amides is 3. The molecular formula is C26H27F4N3O2S. The third-order valence-electron chi connectivity index (χ3n) is 5.70. The van der Waals surface area contributed by atoms with Crippen LogP contribution >= 0.6 is 11.3 Å². The fourth-order valence-corrected chi connectivity index (χ4v) is 4.22. The van der Waals surface area contributed by atoms with E-state index in [0.29, 0.717) is 13.0 Å². The summed E-state index contributed by atoms with van der Waals surface area (Å²) in [6, 6.07) is 12.9. The van der Waals surface area contributed by atoms with Gasteiger partial charge in [-0.2, -0.15) is 13.2 Å². The summed E-state index contributed by atoms with van der Waals surface area (Å²) in [5, 5.41) is 4.38. The van der Waals surface area contributed by atoms with Crippen LogP contribution in [0.1, 0.15) is 36.3 Å². The fourth-order valence-electron chi connectivity index (χ4n) is 3.50. The van der Waals surface area contributed by atoms with Crippen molar-refractivity contribution >= 4 is 29.0 Å². The molecule has 2 aromatic carbocycles. The number of carbonyl (C=O) groups is 2. The molecule has 3 amide bonds. The molecule has 1 aromatic heterocycles. The summed E-state index contributed by atoms with van der Waals surface area (Å²) in [4.78, 5) is 30.3. The first-order valence-corrected chi connectivity index (χ1v) is 12.2. The van der Waals surface area contributed by atoms with Crippen LogP contribution in [0.3, 0.4) is 0 Å². The number of urea groups is 1. The predicted molar refractivity (Wildman–Crippen MR) is 132 cm³/mol. The second kappa shape index (κ2) is 12.0. The zero-order valence-corrected chi connectivity index (χ0v) is 20.7. The van der Waals surface area contributed by atoms with Gasteiger partial charge in [-0.15, -0.1) is 11.3 Å². The summed E-state index contributed by atoms with van der Waals surface area (Å²) in [7, 11) is 0. The van der Waals surface area contributed by atoms with Crippen molar-refractivity contribution in [1.29, 1.82) is 0 Å². The third kappa shape index (κ3) is 7.55. The van der Waals surface area contributed by atoms with E-state index in [1.807, 2.05) is 24.4 Å². The van der Waals surface area contributed by atoms with E-state index in [4.69, 9.17) is 0 Å². The Morgan fingerprint density at radius 3 is 2.36 bits per heavy atom. The lowest BCUT2D eigenvalue weighted by Gasteiger charge is -2.31. The molecule has 0 aliphatic carbocycles. The van der Waals surface area contributed by atoms with Crippen LogP contribution in [0.4, 0.5) is 28.0 Å². The van der Waals surface area contributed by atoms with Gasteiger partial charge in [0.2, 0.25) is 5.91 Å². The van der Waals surface area contributed by atoms with Gasteiger partial charge in [0.1, 0.15) is 12.4 Å². The van der Waals surface area contributed by atoms with Gasteiger partial charge in [-0.3, -0.25) is 4.79 Å². The van der Waals surface area contributed by atoms with Gasteiger partial charge in [-0.05, 0) is 60.7 Å². The number of hydrogen-bond acceptors (Lipinski definition) is 3. The maximum atomic E-state index is 13.4. The highest BCUT2D eigenvalue weighted by Crippen LogP contribution is 2.30. The molecule has 0 spiro atoms. The van der Waals surface area contributed by atoms with Crippen LogP contribution in [-0.2, 0) is 24.1 Å². The largest absolute Gasteiger partial charge is 0.416 e. The number of anilines is 1. The molecule has 1 heterocycles. The monoisotopic (exact) mass is 521 g/mol. The summed E-state index contributed by atoms with van der Waals surface area (Å²) >= 11 is 1.48. The van der Waals surface area contributed by atoms with E-state index in [2.05, 4.69) is 5.32 Å². The summed E-state index contributed by atoms with van der Waals surface area (Å²) in [5.41, 5.74) is -0.171. The van der Waals surface area contributed by atoms with Crippen LogP contribution in [0.2, 0.25) is 0 Å². The number of hydrogen-bond donors (Lipinski definition) is 1. The van der Waals surface area contributed by atoms with E-state index in [1.165, 1.54) is 40.5 Å². The number of alkyl halides is 3. The van der Waals surface area contributed by atoms with E-state index >= 15 is 0 Å². The van der Waals surface area contributed by atoms with Crippen molar-refractivity contribution in [2.75, 3.05) is 11.9 Å². The third-order valence-corrected chi connectivity index (χ3v) is 6.56. The predicted octanol–water partition coefficient (Wildman–Crippen LogP) is 6.77. The zero-order valence-electron chi connectivity index (χ0n) is 19.9. The summed E-state index contributed by atoms with van der Waals surface area (Å²) < 4.78 is 52.6. The van der Waals surface area contributed by atoms with E-state index in [0.717, 1.165) is 22.6 Å². The van der Waals surface area contributed by atoms with Gasteiger partial charge in [-0.25, -0.2) is 9.18 Å². The van der Waals surface area contributed by atoms with Crippen molar-refractivity contribution in [3.8, 4) is 0 Å². The Morgan fingerprint density at radius 2 is 1.75 bits per heavy atom. The minimum Gasteiger partial charge on any atom is -0.332 e. The van der Waals surface area contributed by atoms with Crippen LogP contribution < -0.4 is 5.32 Å². The lowest BCUT2D eigenvalue weighted by molar-refractivity contribution is -0.137. The molecule has 0 aliphatic heterocycles. The molecule has 0 radical (unpaired) electrons. The topological polar surface area (TPSA) is 52.7 Å². The van der Waals surface area contributed by atoms with Gasteiger partial charge in [0.05, 0.1) is 12.1 Å². The number of benzene rings is 2. The van der Waals surface area contributed by atoms with Crippen molar-refractivity contribution in [2.45, 2.75) is 45.6 Å². The minimum atomic E-state index is -4.55. The Bertz CT molecular complexity index is 1150. The Hall–Kier alpha value is -3.40. The second-order valence-electron chi connectivity index (χ2n) is 8.35. The average molecular weight is 522 g/mol. The average Bonchev–Trinajstić information content (AvgIpc) is 3.35. The maximum absolute atomic E-state index is 13.4. The lowest BCUT2D eigenvalue weighted by atomic mass is 10.2. The molecule has 3 aromatic rings. The second-order valence-corrected chi connectivity index (χ2v) is 9.38. The van der Waals surface area contributed by atoms with Crippen LogP contribution in [0.5, 0.6) is 0 Å². The zero-order chi connectivity index (χ0) is 26.3. The first-order valence-electron chi connectivity index (χ1n) is 11.4. The summed E-state index contributed by atoms with van der Waals surface area (Å²) in [6.07, 6.45) is -4.01. The SMILES string of the molecule is CCC(C)N(CC(=O)N(Cc1ccc(F)cc1)Cc1cccs1)C(=O)Nc1cccc(C(F)(F)F)c1. The van der Waals surface area contributed by atoms with E-state index in [9.17, 15) is 27.2 Å². The number of thiophene rings is 1. The van der Waals surface area contributed by atoms with E-state index < -0.39 is 17.8 Å². The minimum absolute atomic E-state index is 0.0164. The van der Waals surface area contributed by atoms with E-state index in [-0.39, 0.29) is 36.5 Å². The molecule has 1 atom stereocenters. The molecule has 1 N–H and O–H groups in total. The Morgan fingerprint density at radius 1 is 1.03 bits per heavy atom. The van der Waals surface area contributed by atoms with Gasteiger partial charge >= 0.3 is 12.2 Å². The van der Waals surface area contributed by atoms with Crippen LogP contribution in [0.25, 0.3) is 0 Å². The maximum Gasteiger partial charge on any atom is 0.416 e. The van der Waals surface area contributed by atoms with Crippen molar-refractivity contribution in [3.63, 3.8) is 0 Å². The van der Waals surface area contributed by atoms with Crippen LogP contribution in [-0.4, -0.2) is 34.3 Å². The van der Waals surface area contributed by atoms with Crippen molar-refractivity contribution in [2.24, 2.45) is 0 Å². The number of nitrogens with one attached hydrogen (secondary N) is 1. The van der Waals surface area contributed by atoms with Gasteiger partial charge in [0.25, 0.3) is 0 Å². The molecule has 0 bridgehead atoms. The normalized spacial score (nSPS) is 12.2. The molecule has 5 nitrogen and oxygen atoms in total. The summed E-state index contributed by atoms with van der Waals surface area (Å²) in [5.74, 6) is -0.726. The first kappa shape index (κ1) is 27.2. The molecule has 0 saturated carbocycles. The Labute approximate surface area is 211 Å². The highest BCUT2D eigenvalue weighted by molar-refractivity contribution is 7.09. The van der Waals surface area contributed by atoms with Gasteiger partial charge in [0.15, 0.2) is 0 Å². The Balaban J connectivity index is 1.79. The Kier molecular flexibility index (Phi) is 9.08. The summed E-state index contributed by atoms with van der Waals surface area (Å²) in [6.45, 7) is 3.86. The van der Waals surface area contributed by atoms with Crippen LogP contribution in [0, 0.1) is 5.82 Å². The van der Waals surface area contributed by atoms with Crippen molar-refractivity contribution < 1.29 is 27.2 Å². The number of rotatable bonds is 9. The molecule has 0 saturated heterocycles. The van der Waals surface area contributed by atoms with Crippen molar-refractivity contribution in [3.05, 3.63) is 87.9 Å². The van der Waals surface area contributed by atoms with E-state index in [1.54, 1.807) is 24.0 Å². The molecule has 0 fully saturated rings. The molecule has 10 heteroatoms. The van der Waals surface area contributed by atoms with Crippen LogP contribution in [0.15, 0.2) is 66.0 Å². The van der Waals surface area contributed by atoms with Gasteiger partial charge in [-0.1, -0.05) is 31.2 Å². The number of halogens is 4. The van der Waals surface area contributed by atoms with Crippen molar-refractivity contribution in [1.82, 2.24) is 9.80 Å². The molecule has 36 heavy (non-hydrogen) atoms. The van der Waals surface area contributed by atoms with Gasteiger partial charge in [0, 0.05) is 23.2 Å².